The quantitative estimate of drug-likeness (QED) is 0.207. The molecule has 36 heavy (non-hydrogen) atoms. The van der Waals surface area contributed by atoms with Gasteiger partial charge in [-0.3, -0.25) is 0 Å². The van der Waals surface area contributed by atoms with Crippen molar-refractivity contribution in [3.63, 3.8) is 0 Å². The number of hydrogen-bond donors (Lipinski definition) is 0. The van der Waals surface area contributed by atoms with E-state index in [1.807, 2.05) is 37.3 Å². The van der Waals surface area contributed by atoms with Crippen LogP contribution >= 0.6 is 0 Å². The van der Waals surface area contributed by atoms with E-state index in [-0.39, 0.29) is 23.1 Å². The van der Waals surface area contributed by atoms with Crippen molar-refractivity contribution in [3.05, 3.63) is 95.8 Å². The van der Waals surface area contributed by atoms with Gasteiger partial charge in [-0.2, -0.15) is 0 Å². The van der Waals surface area contributed by atoms with E-state index < -0.39 is 17.5 Å². The smallest absolute Gasteiger partial charge is 0.168 e. The predicted octanol–water partition coefficient (Wildman–Crippen LogP) is 8.78. The van der Waals surface area contributed by atoms with E-state index in [0.717, 1.165) is 44.1 Å². The number of allylic oxidation sites excluding steroid dienone is 1. The Labute approximate surface area is 211 Å². The molecule has 0 aromatic heterocycles. The minimum absolute atomic E-state index is 0.0305. The van der Waals surface area contributed by atoms with Crippen molar-refractivity contribution < 1.29 is 22.6 Å². The van der Waals surface area contributed by atoms with Gasteiger partial charge in [-0.15, -0.1) is 6.58 Å². The molecule has 1 saturated carbocycles. The van der Waals surface area contributed by atoms with E-state index in [1.165, 1.54) is 6.07 Å². The van der Waals surface area contributed by atoms with E-state index in [4.69, 9.17) is 9.47 Å². The summed E-state index contributed by atoms with van der Waals surface area (Å²) in [4.78, 5) is 0. The molecule has 0 aliphatic heterocycles. The van der Waals surface area contributed by atoms with Gasteiger partial charge in [-0.1, -0.05) is 48.0 Å². The standard InChI is InChI=1S/C31H33F3O2/c1-3-4-5-18-35-25-14-17-29(28(32)19-25)36-20-22-8-12-24(13-9-22)27-16-15-26(30(33)31(27)34)23-10-6-21(2)7-11-23/h3,6-7,10-11,14-17,19,22,24H,1,4-5,8-9,12-13,18,20H2,2H3. The van der Waals surface area contributed by atoms with Crippen LogP contribution in [0, 0.1) is 30.3 Å². The van der Waals surface area contributed by atoms with Crippen molar-refractivity contribution >= 4 is 0 Å². The Morgan fingerprint density at radius 3 is 2.33 bits per heavy atom. The van der Waals surface area contributed by atoms with Gasteiger partial charge in [0.25, 0.3) is 0 Å². The Morgan fingerprint density at radius 1 is 0.889 bits per heavy atom. The van der Waals surface area contributed by atoms with Crippen LogP contribution in [0.3, 0.4) is 0 Å². The van der Waals surface area contributed by atoms with E-state index in [0.29, 0.717) is 30.1 Å². The minimum atomic E-state index is -0.787. The Bertz CT molecular complexity index is 1170. The van der Waals surface area contributed by atoms with Gasteiger partial charge in [-0.25, -0.2) is 13.2 Å². The second-order valence-electron chi connectivity index (χ2n) is 9.60. The Kier molecular flexibility index (Phi) is 8.74. The first-order chi connectivity index (χ1) is 17.5. The number of aryl methyl sites for hydroxylation is 1. The van der Waals surface area contributed by atoms with Crippen molar-refractivity contribution in [2.24, 2.45) is 5.92 Å². The topological polar surface area (TPSA) is 18.5 Å². The molecular formula is C31H33F3O2. The fourth-order valence-corrected chi connectivity index (χ4v) is 4.79. The van der Waals surface area contributed by atoms with Crippen molar-refractivity contribution in [1.82, 2.24) is 0 Å². The van der Waals surface area contributed by atoms with Crippen LogP contribution < -0.4 is 9.47 Å². The zero-order chi connectivity index (χ0) is 25.5. The SMILES string of the molecule is C=CCCCOc1ccc(OCC2CCC(c3ccc(-c4ccc(C)cc4)c(F)c3F)CC2)c(F)c1. The molecule has 0 N–H and O–H groups in total. The average Bonchev–Trinajstić information content (AvgIpc) is 2.89. The molecule has 0 unspecified atom stereocenters. The Hall–Kier alpha value is -3.21. The van der Waals surface area contributed by atoms with Crippen molar-refractivity contribution in [1.29, 1.82) is 0 Å². The monoisotopic (exact) mass is 494 g/mol. The summed E-state index contributed by atoms with van der Waals surface area (Å²) in [6, 6.07) is 15.5. The molecular weight excluding hydrogens is 461 g/mol. The first-order valence-corrected chi connectivity index (χ1v) is 12.7. The molecule has 190 valence electrons. The summed E-state index contributed by atoms with van der Waals surface area (Å²) in [5.74, 6) is -1.09. The normalized spacial score (nSPS) is 17.6. The number of halogens is 3. The molecule has 2 nitrogen and oxygen atoms in total. The summed E-state index contributed by atoms with van der Waals surface area (Å²) < 4.78 is 55.7. The van der Waals surface area contributed by atoms with Gasteiger partial charge < -0.3 is 9.47 Å². The third-order valence-corrected chi connectivity index (χ3v) is 6.96. The predicted molar refractivity (Wildman–Crippen MR) is 138 cm³/mol. The zero-order valence-corrected chi connectivity index (χ0v) is 20.7. The second kappa shape index (κ2) is 12.2. The third-order valence-electron chi connectivity index (χ3n) is 6.96. The molecule has 1 aliphatic carbocycles. The highest BCUT2D eigenvalue weighted by Gasteiger charge is 2.27. The van der Waals surface area contributed by atoms with Crippen LogP contribution in [0.25, 0.3) is 11.1 Å². The summed E-state index contributed by atoms with van der Waals surface area (Å²) in [7, 11) is 0. The van der Waals surface area contributed by atoms with Crippen LogP contribution in [0.15, 0.2) is 67.3 Å². The highest BCUT2D eigenvalue weighted by Crippen LogP contribution is 2.39. The number of ether oxygens (including phenoxy) is 2. The number of hydrogen-bond acceptors (Lipinski definition) is 2. The Balaban J connectivity index is 1.30. The lowest BCUT2D eigenvalue weighted by atomic mass is 9.78. The van der Waals surface area contributed by atoms with E-state index in [9.17, 15) is 8.78 Å². The van der Waals surface area contributed by atoms with Crippen LogP contribution in [-0.4, -0.2) is 13.2 Å². The molecule has 5 heteroatoms. The van der Waals surface area contributed by atoms with Crippen LogP contribution in [0.5, 0.6) is 11.5 Å². The maximum absolute atomic E-state index is 15.0. The van der Waals surface area contributed by atoms with Gasteiger partial charge in [0.15, 0.2) is 23.2 Å². The first-order valence-electron chi connectivity index (χ1n) is 12.7. The van der Waals surface area contributed by atoms with E-state index >= 15 is 4.39 Å². The van der Waals surface area contributed by atoms with Gasteiger partial charge in [0.05, 0.1) is 13.2 Å². The van der Waals surface area contributed by atoms with Gasteiger partial charge in [0.2, 0.25) is 0 Å². The van der Waals surface area contributed by atoms with E-state index in [1.54, 1.807) is 24.3 Å². The van der Waals surface area contributed by atoms with Crippen LogP contribution in [-0.2, 0) is 0 Å². The molecule has 1 aliphatic rings. The van der Waals surface area contributed by atoms with Crippen LogP contribution in [0.4, 0.5) is 13.2 Å². The molecule has 0 radical (unpaired) electrons. The van der Waals surface area contributed by atoms with Gasteiger partial charge in [-0.05, 0) is 80.5 Å². The molecule has 0 saturated heterocycles. The maximum atomic E-state index is 15.0. The molecule has 0 spiro atoms. The van der Waals surface area contributed by atoms with Crippen LogP contribution in [0.2, 0.25) is 0 Å². The second-order valence-corrected chi connectivity index (χ2v) is 9.60. The van der Waals surface area contributed by atoms with Crippen molar-refractivity contribution in [2.75, 3.05) is 13.2 Å². The molecule has 3 aromatic rings. The maximum Gasteiger partial charge on any atom is 0.168 e. The first kappa shape index (κ1) is 25.9. The number of rotatable bonds is 10. The van der Waals surface area contributed by atoms with Crippen LogP contribution in [0.1, 0.15) is 55.6 Å². The van der Waals surface area contributed by atoms with Crippen molar-refractivity contribution in [3.8, 4) is 22.6 Å². The molecule has 0 amide bonds. The fraction of sp³-hybridized carbons (Fsp3) is 0.355. The lowest BCUT2D eigenvalue weighted by Gasteiger charge is -2.29. The third kappa shape index (κ3) is 6.31. The van der Waals surface area contributed by atoms with Gasteiger partial charge >= 0.3 is 0 Å². The summed E-state index contributed by atoms with van der Waals surface area (Å²) in [6.07, 6.45) is 6.63. The molecule has 3 aromatic carbocycles. The molecule has 0 bridgehead atoms. The van der Waals surface area contributed by atoms with E-state index in [2.05, 4.69) is 6.58 Å². The zero-order valence-electron chi connectivity index (χ0n) is 20.7. The lowest BCUT2D eigenvalue weighted by Crippen LogP contribution is -2.20. The molecule has 0 heterocycles. The molecule has 1 fully saturated rings. The molecule has 0 atom stereocenters. The molecule has 4 rings (SSSR count). The highest BCUT2D eigenvalue weighted by atomic mass is 19.2. The van der Waals surface area contributed by atoms with Gasteiger partial charge in [0.1, 0.15) is 5.75 Å². The van der Waals surface area contributed by atoms with Gasteiger partial charge in [0, 0.05) is 11.6 Å². The largest absolute Gasteiger partial charge is 0.493 e. The lowest BCUT2D eigenvalue weighted by molar-refractivity contribution is 0.193. The highest BCUT2D eigenvalue weighted by molar-refractivity contribution is 5.65. The number of benzene rings is 3. The summed E-state index contributed by atoms with van der Waals surface area (Å²) in [6.45, 7) is 6.53. The summed E-state index contributed by atoms with van der Waals surface area (Å²) >= 11 is 0. The number of unbranched alkanes of at least 4 members (excludes halogenated alkanes) is 1. The fourth-order valence-electron chi connectivity index (χ4n) is 4.79. The summed E-state index contributed by atoms with van der Waals surface area (Å²) in [5, 5.41) is 0. The minimum Gasteiger partial charge on any atom is -0.493 e. The Morgan fingerprint density at radius 2 is 1.64 bits per heavy atom. The van der Waals surface area contributed by atoms with Crippen molar-refractivity contribution in [2.45, 2.75) is 51.4 Å². The average molecular weight is 495 g/mol. The summed E-state index contributed by atoms with van der Waals surface area (Å²) in [5.41, 5.74) is 2.47.